The molecule has 4 nitrogen and oxygen atoms in total. The standard InChI is InChI=1S/C12H9BrClFN2O2S/c13-8-5-4-7(6-10(8)16)20(18,19)17-11-3-1-2-9(14)12(11)15/h1-6,17H,16H2. The van der Waals surface area contributed by atoms with Crippen molar-refractivity contribution < 1.29 is 12.8 Å². The van der Waals surface area contributed by atoms with Crippen molar-refractivity contribution >= 4 is 48.9 Å². The van der Waals surface area contributed by atoms with Gasteiger partial charge in [-0.2, -0.15) is 0 Å². The Morgan fingerprint density at radius 1 is 1.25 bits per heavy atom. The summed E-state index contributed by atoms with van der Waals surface area (Å²) in [4.78, 5) is -0.0717. The van der Waals surface area contributed by atoms with Gasteiger partial charge >= 0.3 is 0 Å². The number of anilines is 2. The Balaban J connectivity index is 2.41. The highest BCUT2D eigenvalue weighted by molar-refractivity contribution is 9.10. The number of hydrogen-bond donors (Lipinski definition) is 2. The van der Waals surface area contributed by atoms with Crippen molar-refractivity contribution in [1.29, 1.82) is 0 Å². The molecule has 2 rings (SSSR count). The molecule has 0 bridgehead atoms. The van der Waals surface area contributed by atoms with E-state index in [2.05, 4.69) is 20.7 Å². The largest absolute Gasteiger partial charge is 0.398 e. The van der Waals surface area contributed by atoms with E-state index in [9.17, 15) is 12.8 Å². The lowest BCUT2D eigenvalue weighted by molar-refractivity contribution is 0.598. The molecule has 0 fully saturated rings. The SMILES string of the molecule is Nc1cc(S(=O)(=O)Nc2cccc(Cl)c2F)ccc1Br. The van der Waals surface area contributed by atoms with Crippen molar-refractivity contribution in [3.8, 4) is 0 Å². The minimum absolute atomic E-state index is 0.0717. The van der Waals surface area contributed by atoms with Gasteiger partial charge in [0.05, 0.1) is 15.6 Å². The number of benzene rings is 2. The van der Waals surface area contributed by atoms with Gasteiger partial charge in [0, 0.05) is 10.2 Å². The highest BCUT2D eigenvalue weighted by Gasteiger charge is 2.18. The average molecular weight is 380 g/mol. The molecule has 2 aromatic rings. The zero-order chi connectivity index (χ0) is 14.9. The summed E-state index contributed by atoms with van der Waals surface area (Å²) < 4.78 is 40.7. The fraction of sp³-hybridized carbons (Fsp3) is 0. The van der Waals surface area contributed by atoms with Crippen LogP contribution in [-0.4, -0.2) is 8.42 Å². The van der Waals surface area contributed by atoms with Crippen molar-refractivity contribution in [1.82, 2.24) is 0 Å². The van der Waals surface area contributed by atoms with E-state index in [0.717, 1.165) is 0 Å². The van der Waals surface area contributed by atoms with Crippen molar-refractivity contribution in [2.24, 2.45) is 0 Å². The molecule has 0 aliphatic rings. The van der Waals surface area contributed by atoms with Crippen LogP contribution in [0.25, 0.3) is 0 Å². The molecule has 0 aliphatic carbocycles. The molecule has 3 N–H and O–H groups in total. The molecule has 0 atom stereocenters. The predicted molar refractivity (Wildman–Crippen MR) is 80.8 cm³/mol. The number of rotatable bonds is 3. The van der Waals surface area contributed by atoms with Crippen LogP contribution in [0.3, 0.4) is 0 Å². The van der Waals surface area contributed by atoms with E-state index < -0.39 is 15.8 Å². The molecule has 0 amide bonds. The average Bonchev–Trinajstić information content (AvgIpc) is 2.38. The maximum Gasteiger partial charge on any atom is 0.262 e. The second kappa shape index (κ2) is 5.59. The summed E-state index contributed by atoms with van der Waals surface area (Å²) >= 11 is 8.77. The summed E-state index contributed by atoms with van der Waals surface area (Å²) in [5.41, 5.74) is 5.67. The summed E-state index contributed by atoms with van der Waals surface area (Å²) in [6.45, 7) is 0. The summed E-state index contributed by atoms with van der Waals surface area (Å²) in [5.74, 6) is -0.831. The molecule has 0 radical (unpaired) electrons. The van der Waals surface area contributed by atoms with Gasteiger partial charge in [0.1, 0.15) is 0 Å². The molecular weight excluding hydrogens is 371 g/mol. The zero-order valence-corrected chi connectivity index (χ0v) is 13.1. The van der Waals surface area contributed by atoms with Crippen LogP contribution in [0.1, 0.15) is 0 Å². The van der Waals surface area contributed by atoms with Crippen LogP contribution in [-0.2, 0) is 10.0 Å². The van der Waals surface area contributed by atoms with E-state index in [1.807, 2.05) is 0 Å². The highest BCUT2D eigenvalue weighted by Crippen LogP contribution is 2.27. The molecule has 0 saturated heterocycles. The molecule has 2 aromatic carbocycles. The molecule has 8 heteroatoms. The van der Waals surface area contributed by atoms with E-state index in [4.69, 9.17) is 17.3 Å². The van der Waals surface area contributed by atoms with Crippen LogP contribution in [0.15, 0.2) is 45.8 Å². The molecule has 0 unspecified atom stereocenters. The lowest BCUT2D eigenvalue weighted by Crippen LogP contribution is -2.14. The number of nitrogen functional groups attached to an aromatic ring is 1. The first-order chi connectivity index (χ1) is 9.31. The minimum Gasteiger partial charge on any atom is -0.398 e. The molecule has 0 aromatic heterocycles. The van der Waals surface area contributed by atoms with Crippen LogP contribution < -0.4 is 10.5 Å². The van der Waals surface area contributed by atoms with Crippen molar-refractivity contribution in [3.63, 3.8) is 0 Å². The number of nitrogens with one attached hydrogen (secondary N) is 1. The predicted octanol–water partition coefficient (Wildman–Crippen LogP) is 3.62. The van der Waals surface area contributed by atoms with E-state index in [1.165, 1.54) is 36.4 Å². The molecule has 0 saturated carbocycles. The fourth-order valence-corrected chi connectivity index (χ4v) is 2.99. The maximum atomic E-state index is 13.7. The van der Waals surface area contributed by atoms with Gasteiger partial charge in [0.25, 0.3) is 10.0 Å². The summed E-state index contributed by atoms with van der Waals surface area (Å²) in [7, 11) is -3.94. The Kier molecular flexibility index (Phi) is 4.22. The molecule has 0 aliphatic heterocycles. The third kappa shape index (κ3) is 3.05. The van der Waals surface area contributed by atoms with Gasteiger partial charge in [-0.15, -0.1) is 0 Å². The summed E-state index contributed by atoms with van der Waals surface area (Å²) in [5, 5.41) is -0.166. The number of hydrogen-bond acceptors (Lipinski definition) is 3. The smallest absolute Gasteiger partial charge is 0.262 e. The Bertz CT molecular complexity index is 768. The monoisotopic (exact) mass is 378 g/mol. The van der Waals surface area contributed by atoms with E-state index in [0.29, 0.717) is 4.47 Å². The van der Waals surface area contributed by atoms with Crippen LogP contribution in [0.4, 0.5) is 15.8 Å². The number of sulfonamides is 1. The normalized spacial score (nSPS) is 11.3. The second-order valence-corrected chi connectivity index (χ2v) is 6.83. The maximum absolute atomic E-state index is 13.7. The van der Waals surface area contributed by atoms with Crippen molar-refractivity contribution in [2.45, 2.75) is 4.90 Å². The van der Waals surface area contributed by atoms with Crippen LogP contribution >= 0.6 is 27.5 Å². The second-order valence-electron chi connectivity index (χ2n) is 3.89. The Hall–Kier alpha value is -1.31. The third-order valence-electron chi connectivity index (χ3n) is 2.47. The van der Waals surface area contributed by atoms with Crippen molar-refractivity contribution in [2.75, 3.05) is 10.5 Å². The molecule has 0 spiro atoms. The minimum atomic E-state index is -3.94. The van der Waals surface area contributed by atoms with Gasteiger partial charge in [-0.25, -0.2) is 12.8 Å². The van der Waals surface area contributed by atoms with Gasteiger partial charge in [-0.05, 0) is 46.3 Å². The first-order valence-electron chi connectivity index (χ1n) is 5.33. The van der Waals surface area contributed by atoms with Crippen LogP contribution in [0.2, 0.25) is 5.02 Å². The molecule has 106 valence electrons. The van der Waals surface area contributed by atoms with E-state index in [-0.39, 0.29) is 21.3 Å². The van der Waals surface area contributed by atoms with E-state index in [1.54, 1.807) is 0 Å². The number of halogens is 3. The summed E-state index contributed by atoms with van der Waals surface area (Å²) in [6, 6.07) is 8.17. The Morgan fingerprint density at radius 2 is 1.95 bits per heavy atom. The highest BCUT2D eigenvalue weighted by atomic mass is 79.9. The Morgan fingerprint density at radius 3 is 2.60 bits per heavy atom. The van der Waals surface area contributed by atoms with E-state index >= 15 is 0 Å². The topological polar surface area (TPSA) is 72.2 Å². The lowest BCUT2D eigenvalue weighted by Gasteiger charge is -2.10. The fourth-order valence-electron chi connectivity index (χ4n) is 1.48. The van der Waals surface area contributed by atoms with Gasteiger partial charge in [-0.1, -0.05) is 17.7 Å². The zero-order valence-electron chi connectivity index (χ0n) is 9.90. The van der Waals surface area contributed by atoms with Gasteiger partial charge in [0.15, 0.2) is 5.82 Å². The molecule has 0 heterocycles. The van der Waals surface area contributed by atoms with Crippen LogP contribution in [0.5, 0.6) is 0 Å². The lowest BCUT2D eigenvalue weighted by atomic mass is 10.3. The van der Waals surface area contributed by atoms with Crippen LogP contribution in [0, 0.1) is 5.82 Å². The first-order valence-corrected chi connectivity index (χ1v) is 7.98. The third-order valence-corrected chi connectivity index (χ3v) is 4.85. The van der Waals surface area contributed by atoms with Gasteiger partial charge < -0.3 is 5.73 Å². The first kappa shape index (κ1) is 15.1. The molecule has 20 heavy (non-hydrogen) atoms. The molecular formula is C12H9BrClFN2O2S. The quantitative estimate of drug-likeness (QED) is 0.800. The number of nitrogens with two attached hydrogens (primary N) is 1. The van der Waals surface area contributed by atoms with Crippen molar-refractivity contribution in [3.05, 3.63) is 51.7 Å². The summed E-state index contributed by atoms with van der Waals surface area (Å²) in [6.07, 6.45) is 0. The van der Waals surface area contributed by atoms with Gasteiger partial charge in [0.2, 0.25) is 0 Å². The van der Waals surface area contributed by atoms with Gasteiger partial charge in [-0.3, -0.25) is 4.72 Å². The Labute approximate surface area is 128 Å².